The predicted molar refractivity (Wildman–Crippen MR) is 93.7 cm³/mol. The van der Waals surface area contributed by atoms with Gasteiger partial charge in [0.25, 0.3) is 10.2 Å². The van der Waals surface area contributed by atoms with Crippen LogP contribution >= 0.6 is 0 Å². The molecule has 2 heterocycles. The third-order valence-corrected chi connectivity index (χ3v) is 6.51. The molecule has 2 saturated heterocycles. The SMILES string of the molecule is O=S(=O)(NCC1CCN(c2ccc(F)cc2)C1)N1CCCCCC1. The van der Waals surface area contributed by atoms with Crippen LogP contribution in [0.25, 0.3) is 0 Å². The van der Waals surface area contributed by atoms with Crippen molar-refractivity contribution in [3.8, 4) is 0 Å². The Morgan fingerprint density at radius 1 is 1.04 bits per heavy atom. The van der Waals surface area contributed by atoms with Crippen LogP contribution in [-0.4, -0.2) is 45.4 Å². The number of halogens is 1. The minimum absolute atomic E-state index is 0.236. The summed E-state index contributed by atoms with van der Waals surface area (Å²) in [5.41, 5.74) is 0.995. The summed E-state index contributed by atoms with van der Waals surface area (Å²) in [5, 5.41) is 0. The van der Waals surface area contributed by atoms with Crippen molar-refractivity contribution in [3.05, 3.63) is 30.1 Å². The molecule has 1 aromatic carbocycles. The number of nitrogens with one attached hydrogen (secondary N) is 1. The van der Waals surface area contributed by atoms with Crippen molar-refractivity contribution in [3.63, 3.8) is 0 Å². The molecule has 1 aromatic rings. The average molecular weight is 355 g/mol. The van der Waals surface area contributed by atoms with Gasteiger partial charge in [0.1, 0.15) is 5.82 Å². The van der Waals surface area contributed by atoms with E-state index in [0.717, 1.165) is 50.9 Å². The molecular formula is C17H26FN3O2S. The summed E-state index contributed by atoms with van der Waals surface area (Å²) in [6, 6.07) is 6.48. The zero-order valence-corrected chi connectivity index (χ0v) is 14.8. The van der Waals surface area contributed by atoms with Gasteiger partial charge < -0.3 is 4.90 Å². The van der Waals surface area contributed by atoms with Crippen molar-refractivity contribution in [2.75, 3.05) is 37.6 Å². The Balaban J connectivity index is 1.51. The summed E-state index contributed by atoms with van der Waals surface area (Å²) >= 11 is 0. The van der Waals surface area contributed by atoms with Gasteiger partial charge in [-0.3, -0.25) is 0 Å². The molecule has 5 nitrogen and oxygen atoms in total. The molecule has 2 fully saturated rings. The highest BCUT2D eigenvalue weighted by Crippen LogP contribution is 2.24. The molecule has 134 valence electrons. The zero-order chi connectivity index (χ0) is 17.0. The second-order valence-electron chi connectivity index (χ2n) is 6.74. The molecule has 0 aliphatic carbocycles. The van der Waals surface area contributed by atoms with E-state index in [-0.39, 0.29) is 11.7 Å². The van der Waals surface area contributed by atoms with Crippen molar-refractivity contribution in [2.45, 2.75) is 32.1 Å². The van der Waals surface area contributed by atoms with Gasteiger partial charge in [-0.15, -0.1) is 0 Å². The normalized spacial score (nSPS) is 23.4. The lowest BCUT2D eigenvalue weighted by Crippen LogP contribution is -2.43. The highest BCUT2D eigenvalue weighted by molar-refractivity contribution is 7.87. The number of benzene rings is 1. The summed E-state index contributed by atoms with van der Waals surface area (Å²) in [5.74, 6) is 0.0523. The molecule has 0 spiro atoms. The Bertz CT molecular complexity index is 628. The number of hydrogen-bond donors (Lipinski definition) is 1. The largest absolute Gasteiger partial charge is 0.371 e. The van der Waals surface area contributed by atoms with Gasteiger partial charge in [0.05, 0.1) is 0 Å². The molecule has 1 unspecified atom stereocenters. The Hall–Kier alpha value is -1.18. The Morgan fingerprint density at radius 3 is 2.38 bits per heavy atom. The zero-order valence-electron chi connectivity index (χ0n) is 14.0. The van der Waals surface area contributed by atoms with Gasteiger partial charge in [-0.1, -0.05) is 12.8 Å². The molecule has 1 atom stereocenters. The number of nitrogens with zero attached hydrogens (tertiary/aromatic N) is 2. The van der Waals surface area contributed by atoms with Crippen molar-refractivity contribution in [1.29, 1.82) is 0 Å². The monoisotopic (exact) mass is 355 g/mol. The second kappa shape index (κ2) is 7.80. The van der Waals surface area contributed by atoms with E-state index in [4.69, 9.17) is 0 Å². The molecule has 7 heteroatoms. The van der Waals surface area contributed by atoms with E-state index in [2.05, 4.69) is 9.62 Å². The van der Waals surface area contributed by atoms with Crippen molar-refractivity contribution in [2.24, 2.45) is 5.92 Å². The van der Waals surface area contributed by atoms with Crippen LogP contribution in [0.1, 0.15) is 32.1 Å². The number of anilines is 1. The minimum atomic E-state index is -3.37. The maximum atomic E-state index is 13.0. The summed E-state index contributed by atoms with van der Waals surface area (Å²) in [6.07, 6.45) is 5.06. The Labute approximate surface area is 144 Å². The lowest BCUT2D eigenvalue weighted by Gasteiger charge is -2.22. The van der Waals surface area contributed by atoms with Gasteiger partial charge in [-0.25, -0.2) is 9.11 Å². The molecular weight excluding hydrogens is 329 g/mol. The lowest BCUT2D eigenvalue weighted by atomic mass is 10.1. The van der Waals surface area contributed by atoms with Crippen LogP contribution in [0.2, 0.25) is 0 Å². The number of hydrogen-bond acceptors (Lipinski definition) is 3. The topological polar surface area (TPSA) is 52.7 Å². The van der Waals surface area contributed by atoms with E-state index in [0.29, 0.717) is 19.6 Å². The van der Waals surface area contributed by atoms with Gasteiger partial charge in [0.2, 0.25) is 0 Å². The predicted octanol–water partition coefficient (Wildman–Crippen LogP) is 2.36. The van der Waals surface area contributed by atoms with Crippen LogP contribution < -0.4 is 9.62 Å². The van der Waals surface area contributed by atoms with Crippen LogP contribution in [0.5, 0.6) is 0 Å². The van der Waals surface area contributed by atoms with E-state index >= 15 is 0 Å². The van der Waals surface area contributed by atoms with E-state index in [1.54, 1.807) is 16.4 Å². The van der Waals surface area contributed by atoms with Crippen LogP contribution in [-0.2, 0) is 10.2 Å². The maximum absolute atomic E-state index is 13.0. The van der Waals surface area contributed by atoms with Gasteiger partial charge in [-0.2, -0.15) is 12.7 Å². The lowest BCUT2D eigenvalue weighted by molar-refractivity contribution is 0.410. The summed E-state index contributed by atoms with van der Waals surface area (Å²) in [6.45, 7) is 3.40. The van der Waals surface area contributed by atoms with E-state index in [1.807, 2.05) is 0 Å². The molecule has 24 heavy (non-hydrogen) atoms. The van der Waals surface area contributed by atoms with Crippen LogP contribution in [0.15, 0.2) is 24.3 Å². The molecule has 0 bridgehead atoms. The van der Waals surface area contributed by atoms with Crippen LogP contribution in [0, 0.1) is 11.7 Å². The molecule has 2 aliphatic heterocycles. The first-order valence-corrected chi connectivity index (χ1v) is 10.2. The first-order chi connectivity index (χ1) is 11.5. The summed E-state index contributed by atoms with van der Waals surface area (Å²) < 4.78 is 42.3. The first-order valence-electron chi connectivity index (χ1n) is 8.80. The highest BCUT2D eigenvalue weighted by atomic mass is 32.2. The van der Waals surface area contributed by atoms with Crippen molar-refractivity contribution >= 4 is 15.9 Å². The fourth-order valence-corrected chi connectivity index (χ4v) is 4.85. The van der Waals surface area contributed by atoms with E-state index < -0.39 is 10.2 Å². The minimum Gasteiger partial charge on any atom is -0.371 e. The van der Waals surface area contributed by atoms with Gasteiger partial charge in [0, 0.05) is 38.4 Å². The number of rotatable bonds is 5. The molecule has 0 amide bonds. The van der Waals surface area contributed by atoms with Crippen LogP contribution in [0.3, 0.4) is 0 Å². The Morgan fingerprint density at radius 2 is 1.71 bits per heavy atom. The highest BCUT2D eigenvalue weighted by Gasteiger charge is 2.27. The molecule has 0 aromatic heterocycles. The van der Waals surface area contributed by atoms with Gasteiger partial charge in [0.15, 0.2) is 0 Å². The van der Waals surface area contributed by atoms with E-state index in [1.165, 1.54) is 12.1 Å². The first kappa shape index (κ1) is 17.6. The molecule has 3 rings (SSSR count). The third-order valence-electron chi connectivity index (χ3n) is 4.94. The fraction of sp³-hybridized carbons (Fsp3) is 0.647. The van der Waals surface area contributed by atoms with Gasteiger partial charge in [-0.05, 0) is 49.4 Å². The Kier molecular flexibility index (Phi) is 5.73. The average Bonchev–Trinajstić information content (AvgIpc) is 2.86. The quantitative estimate of drug-likeness (QED) is 0.882. The van der Waals surface area contributed by atoms with Gasteiger partial charge >= 0.3 is 0 Å². The molecule has 2 aliphatic rings. The standard InChI is InChI=1S/C17H26FN3O2S/c18-16-5-7-17(8-6-16)20-12-9-15(14-20)13-19-24(22,23)21-10-3-1-2-4-11-21/h5-8,15,19H,1-4,9-14H2. The third kappa shape index (κ3) is 4.46. The van der Waals surface area contributed by atoms with Crippen LogP contribution in [0.4, 0.5) is 10.1 Å². The van der Waals surface area contributed by atoms with Crippen molar-refractivity contribution < 1.29 is 12.8 Å². The van der Waals surface area contributed by atoms with Crippen molar-refractivity contribution in [1.82, 2.24) is 9.03 Å². The summed E-state index contributed by atoms with van der Waals surface area (Å²) in [4.78, 5) is 2.18. The molecule has 0 radical (unpaired) electrons. The summed E-state index contributed by atoms with van der Waals surface area (Å²) in [7, 11) is -3.37. The molecule has 1 N–H and O–H groups in total. The molecule has 0 saturated carbocycles. The fourth-order valence-electron chi connectivity index (χ4n) is 3.48. The smallest absolute Gasteiger partial charge is 0.279 e. The second-order valence-corrected chi connectivity index (χ2v) is 8.50. The van der Waals surface area contributed by atoms with E-state index in [9.17, 15) is 12.8 Å². The maximum Gasteiger partial charge on any atom is 0.279 e.